The Bertz CT molecular complexity index is 1030. The molecule has 8 nitrogen and oxygen atoms in total. The average Bonchev–Trinajstić information content (AvgIpc) is 2.79. The van der Waals surface area contributed by atoms with Gasteiger partial charge in [-0.15, -0.1) is 0 Å². The SMILES string of the molecule is CS(=O)(=O)N1CCC(C(=O)N2CCN(c3cc(-c4ccc(F)cc4)ncn3)CC2)CC1. The standard InChI is InChI=1S/C21H26FN5O3S/c1-31(29,30)27-8-6-17(7-9-27)21(28)26-12-10-25(11-13-26)20-14-19(23-15-24-20)16-2-4-18(22)5-3-16/h2-5,14-15,17H,6-13H2,1H3. The van der Waals surface area contributed by atoms with Crippen LogP contribution in [-0.4, -0.2) is 79.0 Å². The number of nitrogens with zero attached hydrogens (tertiary/aromatic N) is 5. The van der Waals surface area contributed by atoms with Gasteiger partial charge in [-0.1, -0.05) is 0 Å². The van der Waals surface area contributed by atoms with Gasteiger partial charge < -0.3 is 9.80 Å². The maximum Gasteiger partial charge on any atom is 0.225 e. The van der Waals surface area contributed by atoms with E-state index in [4.69, 9.17) is 0 Å². The number of benzene rings is 1. The van der Waals surface area contributed by atoms with Gasteiger partial charge >= 0.3 is 0 Å². The topological polar surface area (TPSA) is 86.7 Å². The molecule has 1 amide bonds. The summed E-state index contributed by atoms with van der Waals surface area (Å²) in [6, 6.07) is 8.07. The lowest BCUT2D eigenvalue weighted by Crippen LogP contribution is -2.52. The summed E-state index contributed by atoms with van der Waals surface area (Å²) >= 11 is 0. The molecule has 2 aliphatic heterocycles. The van der Waals surface area contributed by atoms with Gasteiger partial charge in [-0.05, 0) is 37.1 Å². The van der Waals surface area contributed by atoms with Crippen LogP contribution in [0.2, 0.25) is 0 Å². The van der Waals surface area contributed by atoms with Gasteiger partial charge in [0.15, 0.2) is 0 Å². The van der Waals surface area contributed by atoms with Crippen LogP contribution in [0.1, 0.15) is 12.8 Å². The van der Waals surface area contributed by atoms with Crippen LogP contribution >= 0.6 is 0 Å². The summed E-state index contributed by atoms with van der Waals surface area (Å²) in [4.78, 5) is 25.6. The minimum Gasteiger partial charge on any atom is -0.353 e. The summed E-state index contributed by atoms with van der Waals surface area (Å²) in [7, 11) is -3.19. The summed E-state index contributed by atoms with van der Waals surface area (Å²) in [6.45, 7) is 3.33. The normalized spacial score (nSPS) is 18.9. The quantitative estimate of drug-likeness (QED) is 0.708. The zero-order valence-electron chi connectivity index (χ0n) is 17.4. The molecule has 2 aliphatic rings. The molecule has 166 valence electrons. The molecule has 1 aromatic heterocycles. The van der Waals surface area contributed by atoms with Gasteiger partial charge in [-0.25, -0.2) is 27.1 Å². The second kappa shape index (κ2) is 8.88. The second-order valence-corrected chi connectivity index (χ2v) is 10.00. The lowest BCUT2D eigenvalue weighted by atomic mass is 9.96. The summed E-state index contributed by atoms with van der Waals surface area (Å²) in [5, 5.41) is 0. The van der Waals surface area contributed by atoms with Gasteiger partial charge in [0, 0.05) is 56.8 Å². The first kappa shape index (κ1) is 21.6. The van der Waals surface area contributed by atoms with Crippen LogP contribution in [0, 0.1) is 11.7 Å². The lowest BCUT2D eigenvalue weighted by molar-refractivity contribution is -0.137. The van der Waals surface area contributed by atoms with Crippen molar-refractivity contribution in [1.29, 1.82) is 0 Å². The minimum atomic E-state index is -3.19. The Balaban J connectivity index is 1.34. The molecular formula is C21H26FN5O3S. The Kier molecular flexibility index (Phi) is 6.19. The molecule has 2 fully saturated rings. The average molecular weight is 448 g/mol. The highest BCUT2D eigenvalue weighted by atomic mass is 32.2. The highest BCUT2D eigenvalue weighted by Crippen LogP contribution is 2.24. The number of hydrogen-bond donors (Lipinski definition) is 0. The van der Waals surface area contributed by atoms with E-state index in [1.807, 2.05) is 11.0 Å². The van der Waals surface area contributed by atoms with Gasteiger partial charge in [0.25, 0.3) is 0 Å². The highest BCUT2D eigenvalue weighted by molar-refractivity contribution is 7.88. The number of piperazine rings is 1. The summed E-state index contributed by atoms with van der Waals surface area (Å²) < 4.78 is 38.0. The molecule has 1 aromatic carbocycles. The van der Waals surface area contributed by atoms with E-state index in [-0.39, 0.29) is 17.6 Å². The van der Waals surface area contributed by atoms with Crippen LogP contribution in [0.15, 0.2) is 36.7 Å². The molecule has 10 heteroatoms. The van der Waals surface area contributed by atoms with Crippen LogP contribution < -0.4 is 4.90 Å². The molecule has 0 spiro atoms. The van der Waals surface area contributed by atoms with Crippen molar-refractivity contribution in [2.45, 2.75) is 12.8 Å². The van der Waals surface area contributed by atoms with Crippen LogP contribution in [0.5, 0.6) is 0 Å². The van der Waals surface area contributed by atoms with Crippen molar-refractivity contribution >= 4 is 21.7 Å². The molecule has 0 saturated carbocycles. The van der Waals surface area contributed by atoms with Gasteiger partial charge in [0.05, 0.1) is 11.9 Å². The Labute approximate surface area is 181 Å². The number of amides is 1. The van der Waals surface area contributed by atoms with Crippen molar-refractivity contribution in [3.05, 3.63) is 42.5 Å². The van der Waals surface area contributed by atoms with Gasteiger partial charge in [0.1, 0.15) is 18.0 Å². The second-order valence-electron chi connectivity index (χ2n) is 8.02. The van der Waals surface area contributed by atoms with E-state index in [9.17, 15) is 17.6 Å². The summed E-state index contributed by atoms with van der Waals surface area (Å²) in [5.41, 5.74) is 1.54. The molecule has 2 saturated heterocycles. The number of hydrogen-bond acceptors (Lipinski definition) is 6. The Morgan fingerprint density at radius 2 is 1.65 bits per heavy atom. The van der Waals surface area contributed by atoms with Gasteiger partial charge in [-0.3, -0.25) is 4.79 Å². The number of carbonyl (C=O) groups excluding carboxylic acids is 1. The predicted octanol–water partition coefficient (Wildman–Crippen LogP) is 1.60. The van der Waals surface area contributed by atoms with Crippen molar-refractivity contribution in [3.8, 4) is 11.3 Å². The smallest absolute Gasteiger partial charge is 0.225 e. The fourth-order valence-corrected chi connectivity index (χ4v) is 5.02. The van der Waals surface area contributed by atoms with Crippen molar-refractivity contribution < 1.29 is 17.6 Å². The fourth-order valence-electron chi connectivity index (χ4n) is 4.15. The van der Waals surface area contributed by atoms with E-state index in [1.54, 1.807) is 12.1 Å². The van der Waals surface area contributed by atoms with E-state index < -0.39 is 10.0 Å². The highest BCUT2D eigenvalue weighted by Gasteiger charge is 2.32. The molecule has 0 unspecified atom stereocenters. The molecule has 0 bridgehead atoms. The van der Waals surface area contributed by atoms with Crippen LogP contribution in [0.4, 0.5) is 10.2 Å². The number of piperidine rings is 1. The molecule has 0 radical (unpaired) electrons. The zero-order valence-corrected chi connectivity index (χ0v) is 18.3. The molecule has 0 N–H and O–H groups in total. The summed E-state index contributed by atoms with van der Waals surface area (Å²) in [6.07, 6.45) is 3.85. The number of aromatic nitrogens is 2. The lowest BCUT2D eigenvalue weighted by Gasteiger charge is -2.38. The molecule has 0 atom stereocenters. The molecule has 2 aromatic rings. The first-order valence-electron chi connectivity index (χ1n) is 10.4. The minimum absolute atomic E-state index is 0.113. The van der Waals surface area contributed by atoms with E-state index in [0.29, 0.717) is 52.1 Å². The Morgan fingerprint density at radius 1 is 1.00 bits per heavy atom. The largest absolute Gasteiger partial charge is 0.353 e. The maximum atomic E-state index is 13.2. The first-order chi connectivity index (χ1) is 14.8. The fraction of sp³-hybridized carbons (Fsp3) is 0.476. The third-order valence-electron chi connectivity index (χ3n) is 5.98. The Morgan fingerprint density at radius 3 is 2.26 bits per heavy atom. The van der Waals surface area contributed by atoms with Crippen LogP contribution in [0.25, 0.3) is 11.3 Å². The van der Waals surface area contributed by atoms with Crippen LogP contribution in [-0.2, 0) is 14.8 Å². The van der Waals surface area contributed by atoms with Crippen molar-refractivity contribution in [2.75, 3.05) is 50.4 Å². The van der Waals surface area contributed by atoms with Crippen molar-refractivity contribution in [2.24, 2.45) is 5.92 Å². The van der Waals surface area contributed by atoms with E-state index in [1.165, 1.54) is 29.0 Å². The third-order valence-corrected chi connectivity index (χ3v) is 7.28. The Hall–Kier alpha value is -2.59. The number of carbonyl (C=O) groups is 1. The van der Waals surface area contributed by atoms with E-state index >= 15 is 0 Å². The van der Waals surface area contributed by atoms with E-state index in [2.05, 4.69) is 14.9 Å². The predicted molar refractivity (Wildman–Crippen MR) is 115 cm³/mol. The zero-order chi connectivity index (χ0) is 22.0. The maximum absolute atomic E-state index is 13.2. The molecule has 3 heterocycles. The van der Waals surface area contributed by atoms with Crippen molar-refractivity contribution in [1.82, 2.24) is 19.2 Å². The molecule has 0 aliphatic carbocycles. The van der Waals surface area contributed by atoms with Gasteiger partial charge in [0.2, 0.25) is 15.9 Å². The van der Waals surface area contributed by atoms with Crippen molar-refractivity contribution in [3.63, 3.8) is 0 Å². The number of anilines is 1. The number of halogens is 1. The monoisotopic (exact) mass is 447 g/mol. The van der Waals surface area contributed by atoms with Crippen LogP contribution in [0.3, 0.4) is 0 Å². The third kappa shape index (κ3) is 5.01. The number of rotatable bonds is 4. The van der Waals surface area contributed by atoms with E-state index in [0.717, 1.165) is 17.1 Å². The summed E-state index contributed by atoms with van der Waals surface area (Å²) in [5.74, 6) is 0.486. The molecular weight excluding hydrogens is 421 g/mol. The van der Waals surface area contributed by atoms with Gasteiger partial charge in [-0.2, -0.15) is 0 Å². The molecule has 31 heavy (non-hydrogen) atoms. The molecule has 4 rings (SSSR count). The first-order valence-corrected chi connectivity index (χ1v) is 12.2. The number of sulfonamides is 1.